The Morgan fingerprint density at radius 2 is 1.95 bits per heavy atom. The van der Waals surface area contributed by atoms with Gasteiger partial charge in [0, 0.05) is 20.2 Å². The lowest BCUT2D eigenvalue weighted by Crippen LogP contribution is -2.21. The minimum atomic E-state index is 0.707. The molecule has 106 valence electrons. The van der Waals surface area contributed by atoms with E-state index in [1.807, 2.05) is 19.1 Å². The second kappa shape index (κ2) is 9.59. The molecule has 0 aliphatic carbocycles. The van der Waals surface area contributed by atoms with Crippen molar-refractivity contribution in [2.24, 2.45) is 0 Å². The van der Waals surface area contributed by atoms with Gasteiger partial charge in [-0.05, 0) is 31.0 Å². The van der Waals surface area contributed by atoms with Gasteiger partial charge in [0.15, 0.2) is 0 Å². The van der Waals surface area contributed by atoms with Crippen molar-refractivity contribution < 1.29 is 9.47 Å². The van der Waals surface area contributed by atoms with E-state index in [0.717, 1.165) is 31.9 Å². The van der Waals surface area contributed by atoms with E-state index in [-0.39, 0.29) is 0 Å². The van der Waals surface area contributed by atoms with E-state index < -0.39 is 0 Å². The molecule has 0 heterocycles. The highest BCUT2D eigenvalue weighted by molar-refractivity contribution is 5.54. The van der Waals surface area contributed by atoms with E-state index in [0.29, 0.717) is 6.61 Å². The van der Waals surface area contributed by atoms with Crippen molar-refractivity contribution in [2.75, 3.05) is 33.4 Å². The van der Waals surface area contributed by atoms with E-state index in [1.54, 1.807) is 7.11 Å². The predicted octanol–water partition coefficient (Wildman–Crippen LogP) is 3.11. The third-order valence-electron chi connectivity index (χ3n) is 2.85. The molecule has 3 nitrogen and oxygen atoms in total. The summed E-state index contributed by atoms with van der Waals surface area (Å²) in [4.78, 5) is 0. The van der Waals surface area contributed by atoms with Gasteiger partial charge in [-0.2, -0.15) is 0 Å². The summed E-state index contributed by atoms with van der Waals surface area (Å²) in [6, 6.07) is 8.22. The maximum absolute atomic E-state index is 5.44. The molecule has 0 atom stereocenters. The molecule has 0 spiro atoms. The average molecular weight is 263 g/mol. The largest absolute Gasteiger partial charge is 0.494 e. The van der Waals surface area contributed by atoms with Gasteiger partial charge in [-0.1, -0.05) is 30.7 Å². The highest BCUT2D eigenvalue weighted by atomic mass is 16.5. The fraction of sp³-hybridized carbons (Fsp3) is 0.500. The normalized spacial score (nSPS) is 11.6. The molecule has 3 heteroatoms. The van der Waals surface area contributed by atoms with Crippen molar-refractivity contribution in [2.45, 2.75) is 20.3 Å². The molecular weight excluding hydrogens is 238 g/mol. The molecule has 0 saturated heterocycles. The first-order valence-electron chi connectivity index (χ1n) is 6.92. The summed E-state index contributed by atoms with van der Waals surface area (Å²) in [6.45, 7) is 7.43. The summed E-state index contributed by atoms with van der Waals surface area (Å²) in [5, 5.41) is 3.37. The van der Waals surface area contributed by atoms with Gasteiger partial charge in [-0.15, -0.1) is 0 Å². The van der Waals surface area contributed by atoms with E-state index in [2.05, 4.69) is 30.4 Å². The monoisotopic (exact) mass is 263 g/mol. The van der Waals surface area contributed by atoms with Crippen LogP contribution in [0.3, 0.4) is 0 Å². The van der Waals surface area contributed by atoms with E-state index >= 15 is 0 Å². The smallest absolute Gasteiger partial charge is 0.119 e. The second-order valence-corrected chi connectivity index (χ2v) is 4.33. The van der Waals surface area contributed by atoms with Crippen LogP contribution in [0.1, 0.15) is 25.8 Å². The Hall–Kier alpha value is -1.32. The Labute approximate surface area is 116 Å². The minimum absolute atomic E-state index is 0.707. The highest BCUT2D eigenvalue weighted by Crippen LogP contribution is 2.15. The first-order valence-corrected chi connectivity index (χ1v) is 6.92. The zero-order valence-corrected chi connectivity index (χ0v) is 12.2. The molecule has 1 aromatic rings. The molecule has 1 N–H and O–H groups in total. The molecule has 0 saturated carbocycles. The molecule has 0 unspecified atom stereocenters. The maximum atomic E-state index is 5.44. The Kier molecular flexibility index (Phi) is 7.94. The van der Waals surface area contributed by atoms with Crippen molar-refractivity contribution in [3.63, 3.8) is 0 Å². The van der Waals surface area contributed by atoms with Crippen LogP contribution in [-0.4, -0.2) is 33.4 Å². The summed E-state index contributed by atoms with van der Waals surface area (Å²) in [5.41, 5.74) is 2.61. The van der Waals surface area contributed by atoms with Crippen LogP contribution in [0.25, 0.3) is 6.08 Å². The van der Waals surface area contributed by atoms with Crippen LogP contribution >= 0.6 is 0 Å². The van der Waals surface area contributed by atoms with Crippen molar-refractivity contribution in [3.05, 3.63) is 35.4 Å². The van der Waals surface area contributed by atoms with Gasteiger partial charge < -0.3 is 14.8 Å². The van der Waals surface area contributed by atoms with Crippen LogP contribution in [0.15, 0.2) is 29.8 Å². The zero-order chi connectivity index (χ0) is 13.9. The molecule has 19 heavy (non-hydrogen) atoms. The quantitative estimate of drug-likeness (QED) is 0.694. The summed E-state index contributed by atoms with van der Waals surface area (Å²) >= 11 is 0. The standard InChI is InChI=1S/C16H25NO2/c1-4-14(13-17-10-11-18-3)12-15-6-8-16(9-7-15)19-5-2/h6-9,12,17H,4-5,10-11,13H2,1-3H3. The van der Waals surface area contributed by atoms with Crippen LogP contribution in [0.4, 0.5) is 0 Å². The van der Waals surface area contributed by atoms with E-state index in [9.17, 15) is 0 Å². The fourth-order valence-corrected chi connectivity index (χ4v) is 1.76. The van der Waals surface area contributed by atoms with E-state index in [1.165, 1.54) is 11.1 Å². The molecule has 0 amide bonds. The molecule has 1 aromatic carbocycles. The number of methoxy groups -OCH3 is 1. The van der Waals surface area contributed by atoms with Gasteiger partial charge in [0.05, 0.1) is 13.2 Å². The number of nitrogens with one attached hydrogen (secondary N) is 1. The predicted molar refractivity (Wildman–Crippen MR) is 80.6 cm³/mol. The van der Waals surface area contributed by atoms with Crippen LogP contribution in [-0.2, 0) is 4.74 Å². The van der Waals surface area contributed by atoms with E-state index in [4.69, 9.17) is 9.47 Å². The number of ether oxygens (including phenoxy) is 2. The molecule has 0 aromatic heterocycles. The topological polar surface area (TPSA) is 30.5 Å². The maximum Gasteiger partial charge on any atom is 0.119 e. The third kappa shape index (κ3) is 6.41. The minimum Gasteiger partial charge on any atom is -0.494 e. The third-order valence-corrected chi connectivity index (χ3v) is 2.85. The Morgan fingerprint density at radius 1 is 1.21 bits per heavy atom. The van der Waals surface area contributed by atoms with Gasteiger partial charge in [0.25, 0.3) is 0 Å². The first-order chi connectivity index (χ1) is 9.30. The molecule has 0 bridgehead atoms. The SMILES string of the molecule is CCOc1ccc(C=C(CC)CNCCOC)cc1. The Bertz CT molecular complexity index is 371. The Morgan fingerprint density at radius 3 is 2.53 bits per heavy atom. The van der Waals surface area contributed by atoms with Crippen LogP contribution in [0.2, 0.25) is 0 Å². The summed E-state index contributed by atoms with van der Waals surface area (Å²) in [6.07, 6.45) is 3.28. The fourth-order valence-electron chi connectivity index (χ4n) is 1.76. The molecule has 0 fully saturated rings. The summed E-state index contributed by atoms with van der Waals surface area (Å²) in [5.74, 6) is 0.927. The molecule has 0 aliphatic heterocycles. The first kappa shape index (κ1) is 15.7. The molecule has 0 radical (unpaired) electrons. The molecular formula is C16H25NO2. The average Bonchev–Trinajstić information content (AvgIpc) is 2.44. The Balaban J connectivity index is 2.53. The van der Waals surface area contributed by atoms with Crippen LogP contribution in [0.5, 0.6) is 5.75 Å². The summed E-state index contributed by atoms with van der Waals surface area (Å²) in [7, 11) is 1.72. The van der Waals surface area contributed by atoms with Crippen molar-refractivity contribution in [3.8, 4) is 5.75 Å². The number of hydrogen-bond donors (Lipinski definition) is 1. The van der Waals surface area contributed by atoms with Crippen molar-refractivity contribution >= 4 is 6.08 Å². The van der Waals surface area contributed by atoms with Crippen molar-refractivity contribution in [1.82, 2.24) is 5.32 Å². The molecule has 1 rings (SSSR count). The highest BCUT2D eigenvalue weighted by Gasteiger charge is 1.97. The second-order valence-electron chi connectivity index (χ2n) is 4.33. The van der Waals surface area contributed by atoms with Gasteiger partial charge in [-0.25, -0.2) is 0 Å². The number of rotatable bonds is 9. The van der Waals surface area contributed by atoms with Crippen LogP contribution < -0.4 is 10.1 Å². The lowest BCUT2D eigenvalue weighted by molar-refractivity contribution is 0.200. The van der Waals surface area contributed by atoms with Gasteiger partial charge in [0.1, 0.15) is 5.75 Å². The molecule has 0 aliphatic rings. The van der Waals surface area contributed by atoms with Crippen molar-refractivity contribution in [1.29, 1.82) is 0 Å². The van der Waals surface area contributed by atoms with Gasteiger partial charge in [-0.3, -0.25) is 0 Å². The number of hydrogen-bond acceptors (Lipinski definition) is 3. The number of benzene rings is 1. The zero-order valence-electron chi connectivity index (χ0n) is 12.2. The van der Waals surface area contributed by atoms with Gasteiger partial charge in [0.2, 0.25) is 0 Å². The summed E-state index contributed by atoms with van der Waals surface area (Å²) < 4.78 is 10.5. The van der Waals surface area contributed by atoms with Gasteiger partial charge >= 0.3 is 0 Å². The van der Waals surface area contributed by atoms with Crippen LogP contribution in [0, 0.1) is 0 Å². The lowest BCUT2D eigenvalue weighted by Gasteiger charge is -2.08. The lowest BCUT2D eigenvalue weighted by atomic mass is 10.1.